The molecule has 4 heteroatoms. The van der Waals surface area contributed by atoms with Gasteiger partial charge in [0.15, 0.2) is 0 Å². The highest BCUT2D eigenvalue weighted by Gasteiger charge is 2.16. The van der Waals surface area contributed by atoms with Gasteiger partial charge in [0.25, 0.3) is 5.91 Å². The molecule has 0 saturated heterocycles. The number of nitrogens with one attached hydrogen (secondary N) is 1. The fourth-order valence-corrected chi connectivity index (χ4v) is 3.62. The van der Waals surface area contributed by atoms with Crippen molar-refractivity contribution in [1.29, 1.82) is 0 Å². The normalized spacial score (nSPS) is 14.9. The molecule has 0 bridgehead atoms. The topological polar surface area (TPSA) is 29.1 Å². The first-order valence-electron chi connectivity index (χ1n) is 7.92. The lowest BCUT2D eigenvalue weighted by molar-refractivity contribution is 0.0940. The molecule has 1 aliphatic carbocycles. The van der Waals surface area contributed by atoms with E-state index in [9.17, 15) is 4.79 Å². The van der Waals surface area contributed by atoms with Crippen LogP contribution in [0.5, 0.6) is 0 Å². The number of hydrogen-bond acceptors (Lipinski definition) is 1. The summed E-state index contributed by atoms with van der Waals surface area (Å²) >= 11 is 9.51. The second-order valence-corrected chi connectivity index (χ2v) is 7.38. The van der Waals surface area contributed by atoms with E-state index in [1.165, 1.54) is 30.4 Å². The van der Waals surface area contributed by atoms with Crippen molar-refractivity contribution in [1.82, 2.24) is 5.32 Å². The van der Waals surface area contributed by atoms with E-state index in [0.29, 0.717) is 10.6 Å². The molecule has 1 N–H and O–H groups in total. The second kappa shape index (κ2) is 7.06. The maximum absolute atomic E-state index is 12.5. The van der Waals surface area contributed by atoms with E-state index < -0.39 is 0 Å². The number of amides is 1. The average Bonchev–Trinajstić information content (AvgIpc) is 2.56. The van der Waals surface area contributed by atoms with Crippen LogP contribution in [-0.2, 0) is 12.8 Å². The number of aryl methyl sites for hydroxylation is 2. The zero-order valence-electron chi connectivity index (χ0n) is 13.0. The van der Waals surface area contributed by atoms with Crippen LogP contribution in [0.15, 0.2) is 40.9 Å². The Bertz CT molecular complexity index is 744. The SMILES string of the molecule is CC(NC(=O)c1cc(Br)ccc1Cl)c1ccc2c(c1)CCCC2. The molecule has 0 aliphatic heterocycles. The molecule has 120 valence electrons. The molecule has 2 nitrogen and oxygen atoms in total. The average molecular weight is 393 g/mol. The molecule has 0 saturated carbocycles. The van der Waals surface area contributed by atoms with E-state index >= 15 is 0 Å². The third-order valence-corrected chi connectivity index (χ3v) is 5.22. The van der Waals surface area contributed by atoms with E-state index in [2.05, 4.69) is 39.4 Å². The minimum Gasteiger partial charge on any atom is -0.345 e. The van der Waals surface area contributed by atoms with Crippen molar-refractivity contribution in [2.75, 3.05) is 0 Å². The van der Waals surface area contributed by atoms with Crippen LogP contribution in [0.3, 0.4) is 0 Å². The molecule has 1 aliphatic rings. The van der Waals surface area contributed by atoms with Crippen LogP contribution in [0.2, 0.25) is 5.02 Å². The number of carbonyl (C=O) groups excluding carboxylic acids is 1. The van der Waals surface area contributed by atoms with Crippen LogP contribution in [0.25, 0.3) is 0 Å². The van der Waals surface area contributed by atoms with E-state index in [4.69, 9.17) is 11.6 Å². The summed E-state index contributed by atoms with van der Waals surface area (Å²) in [6.45, 7) is 2.01. The van der Waals surface area contributed by atoms with Crippen molar-refractivity contribution in [3.8, 4) is 0 Å². The van der Waals surface area contributed by atoms with Gasteiger partial charge in [-0.15, -0.1) is 0 Å². The Labute approximate surface area is 150 Å². The third kappa shape index (κ3) is 3.78. The van der Waals surface area contributed by atoms with Gasteiger partial charge in [-0.2, -0.15) is 0 Å². The van der Waals surface area contributed by atoms with Crippen LogP contribution in [0.4, 0.5) is 0 Å². The van der Waals surface area contributed by atoms with E-state index in [0.717, 1.165) is 16.5 Å². The lowest BCUT2D eigenvalue weighted by atomic mass is 9.89. The van der Waals surface area contributed by atoms with Crippen molar-refractivity contribution in [2.45, 2.75) is 38.6 Å². The smallest absolute Gasteiger partial charge is 0.253 e. The van der Waals surface area contributed by atoms with Gasteiger partial charge in [-0.3, -0.25) is 4.79 Å². The van der Waals surface area contributed by atoms with Crippen LogP contribution in [0, 0.1) is 0 Å². The predicted octanol–water partition coefficient (Wildman–Crippen LogP) is 5.47. The summed E-state index contributed by atoms with van der Waals surface area (Å²) in [4.78, 5) is 12.5. The highest BCUT2D eigenvalue weighted by atomic mass is 79.9. The Balaban J connectivity index is 1.77. The Morgan fingerprint density at radius 2 is 1.87 bits per heavy atom. The molecule has 1 amide bonds. The zero-order chi connectivity index (χ0) is 16.4. The number of hydrogen-bond donors (Lipinski definition) is 1. The molecular weight excluding hydrogens is 374 g/mol. The van der Waals surface area contributed by atoms with Crippen LogP contribution in [0.1, 0.15) is 52.9 Å². The number of fused-ring (bicyclic) bond motifs is 1. The fraction of sp³-hybridized carbons (Fsp3) is 0.316. The first-order chi connectivity index (χ1) is 11.0. The zero-order valence-corrected chi connectivity index (χ0v) is 15.4. The second-order valence-electron chi connectivity index (χ2n) is 6.05. The van der Waals surface area contributed by atoms with Gasteiger partial charge in [-0.1, -0.05) is 45.7 Å². The molecule has 0 heterocycles. The van der Waals surface area contributed by atoms with Gasteiger partial charge in [-0.05, 0) is 67.5 Å². The van der Waals surface area contributed by atoms with Gasteiger partial charge in [-0.25, -0.2) is 0 Å². The molecule has 0 fully saturated rings. The summed E-state index contributed by atoms with van der Waals surface area (Å²) in [6, 6.07) is 11.8. The van der Waals surface area contributed by atoms with E-state index in [-0.39, 0.29) is 11.9 Å². The molecule has 2 aromatic carbocycles. The van der Waals surface area contributed by atoms with Crippen molar-refractivity contribution < 1.29 is 4.79 Å². The highest BCUT2D eigenvalue weighted by Crippen LogP contribution is 2.26. The standard InChI is InChI=1S/C19H19BrClNO/c1-12(14-7-6-13-4-2-3-5-15(13)10-14)22-19(23)17-11-16(20)8-9-18(17)21/h6-12H,2-5H2,1H3,(H,22,23). The molecular formula is C19H19BrClNO. The molecule has 23 heavy (non-hydrogen) atoms. The Morgan fingerprint density at radius 1 is 1.13 bits per heavy atom. The van der Waals surface area contributed by atoms with Crippen molar-refractivity contribution >= 4 is 33.4 Å². The first kappa shape index (κ1) is 16.5. The van der Waals surface area contributed by atoms with Gasteiger partial charge in [0.2, 0.25) is 0 Å². The Morgan fingerprint density at radius 3 is 2.65 bits per heavy atom. The summed E-state index contributed by atoms with van der Waals surface area (Å²) in [5.41, 5.74) is 4.51. The van der Waals surface area contributed by atoms with Gasteiger partial charge >= 0.3 is 0 Å². The molecule has 2 aromatic rings. The van der Waals surface area contributed by atoms with Crippen LogP contribution < -0.4 is 5.32 Å². The molecule has 3 rings (SSSR count). The number of rotatable bonds is 3. The maximum atomic E-state index is 12.5. The molecule has 0 aromatic heterocycles. The summed E-state index contributed by atoms with van der Waals surface area (Å²) < 4.78 is 0.841. The number of halogens is 2. The third-order valence-electron chi connectivity index (χ3n) is 4.39. The fourth-order valence-electron chi connectivity index (χ4n) is 3.05. The van der Waals surface area contributed by atoms with Crippen molar-refractivity contribution in [2.24, 2.45) is 0 Å². The van der Waals surface area contributed by atoms with E-state index in [1.807, 2.05) is 13.0 Å². The molecule has 0 spiro atoms. The molecule has 0 radical (unpaired) electrons. The monoisotopic (exact) mass is 391 g/mol. The predicted molar refractivity (Wildman–Crippen MR) is 98.1 cm³/mol. The van der Waals surface area contributed by atoms with E-state index in [1.54, 1.807) is 12.1 Å². The number of carbonyl (C=O) groups is 1. The van der Waals surface area contributed by atoms with Crippen LogP contribution >= 0.6 is 27.5 Å². The summed E-state index contributed by atoms with van der Waals surface area (Å²) in [6.07, 6.45) is 4.84. The maximum Gasteiger partial charge on any atom is 0.253 e. The van der Waals surface area contributed by atoms with Gasteiger partial charge in [0.1, 0.15) is 0 Å². The van der Waals surface area contributed by atoms with Gasteiger partial charge in [0, 0.05) is 4.47 Å². The largest absolute Gasteiger partial charge is 0.345 e. The quantitative estimate of drug-likeness (QED) is 0.737. The molecule has 1 atom stereocenters. The number of benzene rings is 2. The Kier molecular flexibility index (Phi) is 5.08. The molecule has 1 unspecified atom stereocenters. The summed E-state index contributed by atoms with van der Waals surface area (Å²) in [7, 11) is 0. The minimum absolute atomic E-state index is 0.0511. The Hall–Kier alpha value is -1.32. The summed E-state index contributed by atoms with van der Waals surface area (Å²) in [5, 5.41) is 3.50. The van der Waals surface area contributed by atoms with Gasteiger partial charge in [0.05, 0.1) is 16.6 Å². The van der Waals surface area contributed by atoms with Crippen molar-refractivity contribution in [3.63, 3.8) is 0 Å². The summed E-state index contributed by atoms with van der Waals surface area (Å²) in [5.74, 6) is -0.151. The van der Waals surface area contributed by atoms with Crippen LogP contribution in [-0.4, -0.2) is 5.91 Å². The van der Waals surface area contributed by atoms with Gasteiger partial charge < -0.3 is 5.32 Å². The lowest BCUT2D eigenvalue weighted by Gasteiger charge is -2.20. The first-order valence-corrected chi connectivity index (χ1v) is 9.09. The minimum atomic E-state index is -0.151. The lowest BCUT2D eigenvalue weighted by Crippen LogP contribution is -2.27. The van der Waals surface area contributed by atoms with Crippen molar-refractivity contribution in [3.05, 3.63) is 68.1 Å². The highest BCUT2D eigenvalue weighted by molar-refractivity contribution is 9.10.